The summed E-state index contributed by atoms with van der Waals surface area (Å²) in [6.07, 6.45) is 13.0. The molecule has 0 saturated heterocycles. The Balaban J connectivity index is 0.000000251. The van der Waals surface area contributed by atoms with Crippen molar-refractivity contribution in [3.8, 4) is 0 Å². The Labute approximate surface area is 262 Å². The van der Waals surface area contributed by atoms with Gasteiger partial charge in [-0.15, -0.1) is 0 Å². The smallest absolute Gasteiger partial charge is 0.162 e. The summed E-state index contributed by atoms with van der Waals surface area (Å²) in [6, 6.07) is 20.6. The number of rotatable bonds is 9. The molecular formula is C37H45ClN4O. The number of anilines is 1. The number of aliphatic imine (C=N–C) groups is 1. The van der Waals surface area contributed by atoms with Gasteiger partial charge in [0.25, 0.3) is 0 Å². The minimum Gasteiger partial charge on any atom is -0.339 e. The quantitative estimate of drug-likeness (QED) is 0.0874. The van der Waals surface area contributed by atoms with Crippen molar-refractivity contribution in [2.45, 2.75) is 60.3 Å². The van der Waals surface area contributed by atoms with E-state index in [0.717, 1.165) is 52.8 Å². The number of hydrogen-bond acceptors (Lipinski definition) is 3. The highest BCUT2D eigenvalue weighted by atomic mass is 35.5. The number of hydrogen-bond donors (Lipinski definition) is 2. The molecule has 0 aliphatic rings. The van der Waals surface area contributed by atoms with Crippen LogP contribution in [0.2, 0.25) is 5.02 Å². The minimum atomic E-state index is 0.149. The number of ketones is 1. The van der Waals surface area contributed by atoms with Gasteiger partial charge < -0.3 is 5.32 Å². The molecule has 0 fully saturated rings. The number of aromatic amines is 1. The lowest BCUT2D eigenvalue weighted by Crippen LogP contribution is -2.15. The van der Waals surface area contributed by atoms with Crippen LogP contribution in [0.1, 0.15) is 62.3 Å². The molecule has 0 spiro atoms. The third-order valence-corrected chi connectivity index (χ3v) is 7.06. The molecule has 2 N–H and O–H groups in total. The second-order valence-electron chi connectivity index (χ2n) is 9.93. The fourth-order valence-corrected chi connectivity index (χ4v) is 4.40. The highest BCUT2D eigenvalue weighted by Gasteiger charge is 2.11. The lowest BCUT2D eigenvalue weighted by molar-refractivity contribution is -0.114. The second kappa shape index (κ2) is 19.1. The SMILES string of the molecule is C=C/C(=C\C=C/CCC)C(=O)CC.CCc1cccc(C)c1.CN=C(Nc1ccc2[nH]ncc2c1Cl)c1ccccc1C. The van der Waals surface area contributed by atoms with E-state index < -0.39 is 0 Å². The van der Waals surface area contributed by atoms with Gasteiger partial charge in [-0.1, -0.05) is 124 Å². The Hall–Kier alpha value is -4.22. The van der Waals surface area contributed by atoms with Crippen LogP contribution in [0.15, 0.2) is 108 Å². The van der Waals surface area contributed by atoms with Crippen LogP contribution in [0.5, 0.6) is 0 Å². The number of nitrogens with zero attached hydrogens (tertiary/aromatic N) is 2. The zero-order valence-corrected chi connectivity index (χ0v) is 27.1. The average Bonchev–Trinajstić information content (AvgIpc) is 3.52. The summed E-state index contributed by atoms with van der Waals surface area (Å²) in [4.78, 5) is 15.6. The maximum atomic E-state index is 11.2. The van der Waals surface area contributed by atoms with Crippen LogP contribution in [-0.4, -0.2) is 28.9 Å². The van der Waals surface area contributed by atoms with Gasteiger partial charge in [0.2, 0.25) is 0 Å². The number of nitrogens with one attached hydrogen (secondary N) is 2. The number of H-pyrrole nitrogens is 1. The Kier molecular flexibility index (Phi) is 15.5. The van der Waals surface area contributed by atoms with Crippen molar-refractivity contribution in [1.82, 2.24) is 10.2 Å². The first kappa shape index (κ1) is 35.0. The van der Waals surface area contributed by atoms with Gasteiger partial charge in [-0.3, -0.25) is 14.9 Å². The molecule has 0 bridgehead atoms. The van der Waals surface area contributed by atoms with Crippen LogP contribution in [0.25, 0.3) is 10.9 Å². The first-order chi connectivity index (χ1) is 20.8. The van der Waals surface area contributed by atoms with Gasteiger partial charge in [-0.2, -0.15) is 5.10 Å². The summed E-state index contributed by atoms with van der Waals surface area (Å²) in [5.74, 6) is 0.939. The number of allylic oxidation sites excluding steroid dienone is 5. The predicted octanol–water partition coefficient (Wildman–Crippen LogP) is 10.0. The summed E-state index contributed by atoms with van der Waals surface area (Å²) in [5, 5.41) is 11.7. The number of carbonyl (C=O) groups excluding carboxylic acids is 1. The van der Waals surface area contributed by atoms with Crippen LogP contribution in [-0.2, 0) is 11.2 Å². The fourth-order valence-electron chi connectivity index (χ4n) is 4.13. The maximum Gasteiger partial charge on any atom is 0.162 e. The molecule has 0 aliphatic heterocycles. The summed E-state index contributed by atoms with van der Waals surface area (Å²) in [5.41, 5.74) is 7.43. The summed E-state index contributed by atoms with van der Waals surface area (Å²) >= 11 is 6.43. The molecule has 4 aromatic rings. The molecule has 5 nitrogen and oxygen atoms in total. The molecule has 6 heteroatoms. The van der Waals surface area contributed by atoms with Crippen molar-refractivity contribution in [3.05, 3.63) is 131 Å². The van der Waals surface area contributed by atoms with E-state index in [1.807, 2.05) is 49.4 Å². The van der Waals surface area contributed by atoms with Crippen molar-refractivity contribution in [3.63, 3.8) is 0 Å². The lowest BCUT2D eigenvalue weighted by atomic mass is 10.1. The molecule has 1 heterocycles. The lowest BCUT2D eigenvalue weighted by Gasteiger charge is -2.13. The molecule has 0 saturated carbocycles. The standard InChI is InChI=1S/C16H15ClN4.C12H18O.C9H12/c1-10-5-3-4-6-11(10)16(18-2)20-14-8-7-13-12(15(14)17)9-19-21-13;1-4-7-8-9-10-11(5-2)12(13)6-3;1-3-9-6-4-5-8(2)7-9/h3-9H,1-2H3,(H,18,20)(H,19,21);5,8-10H,2,4,6-7H2,1,3H3;4-7H,3H2,1-2H3/b;9-8-,11-10+;. The fraction of sp³-hybridized carbons (Fsp3) is 0.270. The molecule has 4 rings (SSSR count). The minimum absolute atomic E-state index is 0.149. The first-order valence-corrected chi connectivity index (χ1v) is 15.2. The zero-order valence-electron chi connectivity index (χ0n) is 26.4. The molecule has 43 heavy (non-hydrogen) atoms. The van der Waals surface area contributed by atoms with E-state index in [-0.39, 0.29) is 5.78 Å². The van der Waals surface area contributed by atoms with E-state index in [1.165, 1.54) is 11.1 Å². The van der Waals surface area contributed by atoms with Crippen LogP contribution in [0.4, 0.5) is 5.69 Å². The first-order valence-electron chi connectivity index (χ1n) is 14.8. The van der Waals surface area contributed by atoms with Crippen molar-refractivity contribution in [2.75, 3.05) is 12.4 Å². The van der Waals surface area contributed by atoms with E-state index in [4.69, 9.17) is 11.6 Å². The largest absolute Gasteiger partial charge is 0.339 e. The number of Topliss-reactive ketones (excluding diaryl/α,β-unsaturated/α-hetero) is 1. The number of fused-ring (bicyclic) bond motifs is 1. The second-order valence-corrected chi connectivity index (χ2v) is 10.3. The van der Waals surface area contributed by atoms with Gasteiger partial charge in [0, 0.05) is 30.0 Å². The molecule has 226 valence electrons. The van der Waals surface area contributed by atoms with Crippen molar-refractivity contribution in [2.24, 2.45) is 4.99 Å². The Morgan fingerprint density at radius 3 is 2.44 bits per heavy atom. The number of unbranched alkanes of at least 4 members (excludes halogenated alkanes) is 1. The molecule has 0 radical (unpaired) electrons. The van der Waals surface area contributed by atoms with Gasteiger partial charge in [-0.25, -0.2) is 0 Å². The molecule has 0 atom stereocenters. The Bertz CT molecular complexity index is 1560. The topological polar surface area (TPSA) is 70.1 Å². The number of aryl methyl sites for hydroxylation is 3. The highest BCUT2D eigenvalue weighted by Crippen LogP contribution is 2.30. The van der Waals surface area contributed by atoms with Crippen LogP contribution in [0, 0.1) is 13.8 Å². The number of amidine groups is 1. The molecule has 0 aliphatic carbocycles. The van der Waals surface area contributed by atoms with Gasteiger partial charge in [0.15, 0.2) is 5.78 Å². The molecule has 3 aromatic carbocycles. The van der Waals surface area contributed by atoms with Crippen molar-refractivity contribution >= 4 is 39.8 Å². The average molecular weight is 597 g/mol. The Morgan fingerprint density at radius 1 is 1.07 bits per heavy atom. The number of halogens is 1. The molecule has 1 aromatic heterocycles. The molecular weight excluding hydrogens is 552 g/mol. The monoisotopic (exact) mass is 596 g/mol. The van der Waals surface area contributed by atoms with Gasteiger partial charge in [0.05, 0.1) is 22.4 Å². The van der Waals surface area contributed by atoms with Crippen molar-refractivity contribution < 1.29 is 4.79 Å². The normalized spacial score (nSPS) is 11.4. The number of benzene rings is 3. The molecule has 0 unspecified atom stereocenters. The summed E-state index contributed by atoms with van der Waals surface area (Å²) < 4.78 is 0. The summed E-state index contributed by atoms with van der Waals surface area (Å²) in [7, 11) is 1.76. The van der Waals surface area contributed by atoms with E-state index in [9.17, 15) is 4.79 Å². The van der Waals surface area contributed by atoms with E-state index >= 15 is 0 Å². The third kappa shape index (κ3) is 11.2. The van der Waals surface area contributed by atoms with E-state index in [2.05, 4.69) is 91.2 Å². The van der Waals surface area contributed by atoms with Crippen molar-refractivity contribution in [1.29, 1.82) is 0 Å². The predicted molar refractivity (Wildman–Crippen MR) is 187 cm³/mol. The van der Waals surface area contributed by atoms with Gasteiger partial charge in [-0.05, 0) is 49.9 Å². The summed E-state index contributed by atoms with van der Waals surface area (Å²) in [6.45, 7) is 13.9. The van der Waals surface area contributed by atoms with Gasteiger partial charge in [0.1, 0.15) is 5.84 Å². The van der Waals surface area contributed by atoms with Crippen LogP contribution in [0.3, 0.4) is 0 Å². The van der Waals surface area contributed by atoms with Crippen LogP contribution < -0.4 is 5.32 Å². The zero-order chi connectivity index (χ0) is 31.6. The number of aromatic nitrogens is 2. The number of carbonyl (C=O) groups is 1. The molecule has 0 amide bonds. The van der Waals surface area contributed by atoms with E-state index in [1.54, 1.807) is 19.3 Å². The van der Waals surface area contributed by atoms with Crippen LogP contribution >= 0.6 is 11.6 Å². The maximum absolute atomic E-state index is 11.2. The van der Waals surface area contributed by atoms with E-state index in [0.29, 0.717) is 17.0 Å². The third-order valence-electron chi connectivity index (χ3n) is 6.66. The van der Waals surface area contributed by atoms with Gasteiger partial charge >= 0.3 is 0 Å². The Morgan fingerprint density at radius 2 is 1.84 bits per heavy atom. The highest BCUT2D eigenvalue weighted by molar-refractivity contribution is 6.38.